The van der Waals surface area contributed by atoms with E-state index in [2.05, 4.69) is 0 Å². The van der Waals surface area contributed by atoms with Gasteiger partial charge in [0.05, 0.1) is 36.2 Å². The molecule has 25 heavy (non-hydrogen) atoms. The Hall–Kier alpha value is -3.27. The fourth-order valence-corrected chi connectivity index (χ4v) is 2.35. The van der Waals surface area contributed by atoms with Crippen LogP contribution in [0.1, 0.15) is 46.2 Å². The van der Waals surface area contributed by atoms with Gasteiger partial charge in [-0.1, -0.05) is 25.5 Å². The van der Waals surface area contributed by atoms with E-state index in [0.29, 0.717) is 12.3 Å². The van der Waals surface area contributed by atoms with Gasteiger partial charge in [0.2, 0.25) is 0 Å². The highest BCUT2D eigenvalue weighted by atomic mass is 16.5. The van der Waals surface area contributed by atoms with E-state index in [1.165, 1.54) is 17.9 Å². The van der Waals surface area contributed by atoms with Crippen LogP contribution in [0.25, 0.3) is 5.69 Å². The Bertz CT molecular complexity index is 833. The highest BCUT2D eigenvalue weighted by molar-refractivity contribution is 5.98. The minimum atomic E-state index is -0.701. The summed E-state index contributed by atoms with van der Waals surface area (Å²) in [7, 11) is 1.22. The second-order valence-corrected chi connectivity index (χ2v) is 5.29. The minimum Gasteiger partial charge on any atom is -0.464 e. The number of benzene rings is 1. The molecule has 0 saturated carbocycles. The van der Waals surface area contributed by atoms with E-state index in [1.54, 1.807) is 24.3 Å². The fourth-order valence-electron chi connectivity index (χ4n) is 2.35. The zero-order chi connectivity index (χ0) is 18.4. The fraction of sp³-hybridized carbons (Fsp3) is 0.278. The number of nitrogen functional groups attached to an aromatic ring is 1. The van der Waals surface area contributed by atoms with E-state index < -0.39 is 11.9 Å². The van der Waals surface area contributed by atoms with Crippen LogP contribution in [0.2, 0.25) is 0 Å². The number of anilines is 1. The number of unbranched alkanes of at least 4 members (excludes halogenated alkanes) is 1. The molecule has 0 unspecified atom stereocenters. The number of nitriles is 1. The van der Waals surface area contributed by atoms with Crippen LogP contribution in [-0.2, 0) is 9.47 Å². The Kier molecular flexibility index (Phi) is 5.79. The van der Waals surface area contributed by atoms with Crippen LogP contribution in [0, 0.1) is 11.3 Å². The van der Waals surface area contributed by atoms with Crippen LogP contribution in [-0.4, -0.2) is 30.2 Å². The number of nitrogens with two attached hydrogens (primary N) is 1. The van der Waals surface area contributed by atoms with E-state index >= 15 is 0 Å². The third-order valence-electron chi connectivity index (χ3n) is 3.66. The van der Waals surface area contributed by atoms with Gasteiger partial charge in [-0.2, -0.15) is 5.26 Å². The highest BCUT2D eigenvalue weighted by Gasteiger charge is 2.24. The molecule has 2 N–H and O–H groups in total. The molecule has 0 radical (unpaired) electrons. The molecule has 0 fully saturated rings. The number of methoxy groups -OCH3 is 1. The molecule has 0 aliphatic rings. The molecule has 2 aromatic rings. The van der Waals surface area contributed by atoms with Crippen LogP contribution >= 0.6 is 0 Å². The molecule has 130 valence electrons. The van der Waals surface area contributed by atoms with Gasteiger partial charge in [0, 0.05) is 6.20 Å². The van der Waals surface area contributed by atoms with Crippen LogP contribution in [0.3, 0.4) is 0 Å². The van der Waals surface area contributed by atoms with Crippen molar-refractivity contribution in [3.05, 3.63) is 47.3 Å². The monoisotopic (exact) mass is 341 g/mol. The number of hydrogen-bond acceptors (Lipinski definition) is 6. The van der Waals surface area contributed by atoms with Crippen molar-refractivity contribution < 1.29 is 19.1 Å². The second-order valence-electron chi connectivity index (χ2n) is 5.29. The van der Waals surface area contributed by atoms with Crippen LogP contribution in [0.5, 0.6) is 0 Å². The lowest BCUT2D eigenvalue weighted by Crippen LogP contribution is -2.15. The zero-order valence-corrected chi connectivity index (χ0v) is 14.1. The summed E-state index contributed by atoms with van der Waals surface area (Å²) in [5.74, 6) is -1.21. The number of para-hydroxylation sites is 1. The number of nitrogens with zero attached hydrogens (tertiary/aromatic N) is 2. The SMILES string of the molecule is CCCCOC(=O)c1ccccc1-n1cc(C#N)c(N)c1C(=O)OC. The van der Waals surface area contributed by atoms with E-state index in [-0.39, 0.29) is 22.5 Å². The molecule has 7 nitrogen and oxygen atoms in total. The predicted molar refractivity (Wildman–Crippen MR) is 91.4 cm³/mol. The summed E-state index contributed by atoms with van der Waals surface area (Å²) in [5, 5.41) is 9.19. The molecular formula is C18H19N3O4. The summed E-state index contributed by atoms with van der Waals surface area (Å²) in [6, 6.07) is 8.56. The Labute approximate surface area is 145 Å². The van der Waals surface area contributed by atoms with Gasteiger partial charge < -0.3 is 19.8 Å². The lowest BCUT2D eigenvalue weighted by Gasteiger charge is -2.13. The first kappa shape index (κ1) is 18.1. The van der Waals surface area contributed by atoms with Crippen molar-refractivity contribution in [3.8, 4) is 11.8 Å². The number of carbonyl (C=O) groups excluding carboxylic acids is 2. The topological polar surface area (TPSA) is 107 Å². The predicted octanol–water partition coefficient (Wildman–Crippen LogP) is 2.67. The molecule has 0 bridgehead atoms. The maximum atomic E-state index is 12.4. The maximum Gasteiger partial charge on any atom is 0.357 e. The first-order valence-corrected chi connectivity index (χ1v) is 7.80. The molecule has 0 amide bonds. The summed E-state index contributed by atoms with van der Waals surface area (Å²) in [4.78, 5) is 24.5. The molecule has 1 aromatic heterocycles. The van der Waals surface area contributed by atoms with Gasteiger partial charge in [-0.25, -0.2) is 9.59 Å². The molecule has 0 spiro atoms. The third kappa shape index (κ3) is 3.63. The largest absolute Gasteiger partial charge is 0.464 e. The third-order valence-corrected chi connectivity index (χ3v) is 3.66. The smallest absolute Gasteiger partial charge is 0.357 e. The van der Waals surface area contributed by atoms with Gasteiger partial charge >= 0.3 is 11.9 Å². The lowest BCUT2D eigenvalue weighted by molar-refractivity contribution is 0.0497. The van der Waals surface area contributed by atoms with Crippen LogP contribution < -0.4 is 5.73 Å². The number of esters is 2. The summed E-state index contributed by atoms with van der Waals surface area (Å²) >= 11 is 0. The first-order valence-electron chi connectivity index (χ1n) is 7.80. The Morgan fingerprint density at radius 1 is 1.28 bits per heavy atom. The average Bonchev–Trinajstić information content (AvgIpc) is 2.97. The average molecular weight is 341 g/mol. The van der Waals surface area contributed by atoms with Gasteiger partial charge in [0.15, 0.2) is 5.69 Å². The van der Waals surface area contributed by atoms with Gasteiger partial charge in [0.25, 0.3) is 0 Å². The zero-order valence-electron chi connectivity index (χ0n) is 14.1. The molecule has 0 atom stereocenters. The Morgan fingerprint density at radius 2 is 2.00 bits per heavy atom. The van der Waals surface area contributed by atoms with Crippen molar-refractivity contribution >= 4 is 17.6 Å². The molecule has 7 heteroatoms. The van der Waals surface area contributed by atoms with Gasteiger partial charge in [-0.05, 0) is 18.6 Å². The molecule has 0 saturated heterocycles. The van der Waals surface area contributed by atoms with Crippen molar-refractivity contribution in [2.45, 2.75) is 19.8 Å². The van der Waals surface area contributed by atoms with E-state index in [0.717, 1.165) is 12.8 Å². The van der Waals surface area contributed by atoms with Crippen molar-refractivity contribution in [3.63, 3.8) is 0 Å². The second kappa shape index (κ2) is 8.02. The first-order chi connectivity index (χ1) is 12.0. The molecule has 0 aliphatic carbocycles. The number of rotatable bonds is 6. The molecule has 0 aliphatic heterocycles. The standard InChI is InChI=1S/C18H19N3O4/c1-3-4-9-25-17(22)13-7-5-6-8-14(13)21-11-12(10-19)15(20)16(21)18(23)24-2/h5-8,11H,3-4,9,20H2,1-2H3. The summed E-state index contributed by atoms with van der Waals surface area (Å²) in [5.41, 5.74) is 6.66. The van der Waals surface area contributed by atoms with Gasteiger partial charge in [0.1, 0.15) is 6.07 Å². The molecule has 2 rings (SSSR count). The van der Waals surface area contributed by atoms with Crippen molar-refractivity contribution in [1.29, 1.82) is 5.26 Å². The maximum absolute atomic E-state index is 12.4. The summed E-state index contributed by atoms with van der Waals surface area (Å²) in [6.07, 6.45) is 3.07. The highest BCUT2D eigenvalue weighted by Crippen LogP contribution is 2.26. The normalized spacial score (nSPS) is 10.1. The summed E-state index contributed by atoms with van der Waals surface area (Å²) < 4.78 is 11.4. The van der Waals surface area contributed by atoms with E-state index in [9.17, 15) is 14.9 Å². The van der Waals surface area contributed by atoms with Crippen molar-refractivity contribution in [2.24, 2.45) is 0 Å². The quantitative estimate of drug-likeness (QED) is 0.639. The van der Waals surface area contributed by atoms with Gasteiger partial charge in [-0.3, -0.25) is 0 Å². The molecule has 1 heterocycles. The van der Waals surface area contributed by atoms with E-state index in [4.69, 9.17) is 15.2 Å². The Balaban J connectivity index is 2.55. The summed E-state index contributed by atoms with van der Waals surface area (Å²) in [6.45, 7) is 2.31. The lowest BCUT2D eigenvalue weighted by atomic mass is 10.1. The number of aromatic nitrogens is 1. The molecular weight excluding hydrogens is 322 g/mol. The number of hydrogen-bond donors (Lipinski definition) is 1. The molecule has 1 aromatic carbocycles. The number of carbonyl (C=O) groups is 2. The minimum absolute atomic E-state index is 0.00324. The van der Waals surface area contributed by atoms with Gasteiger partial charge in [-0.15, -0.1) is 0 Å². The number of ether oxygens (including phenoxy) is 2. The Morgan fingerprint density at radius 3 is 2.64 bits per heavy atom. The van der Waals surface area contributed by atoms with Crippen molar-refractivity contribution in [2.75, 3.05) is 19.5 Å². The van der Waals surface area contributed by atoms with Crippen molar-refractivity contribution in [1.82, 2.24) is 4.57 Å². The van der Waals surface area contributed by atoms with E-state index in [1.807, 2.05) is 13.0 Å². The van der Waals surface area contributed by atoms with Crippen LogP contribution in [0.15, 0.2) is 30.5 Å². The van der Waals surface area contributed by atoms with Crippen LogP contribution in [0.4, 0.5) is 5.69 Å².